The highest BCUT2D eigenvalue weighted by Crippen LogP contribution is 2.18. The highest BCUT2D eigenvalue weighted by molar-refractivity contribution is 14.1. The molecule has 0 saturated heterocycles. The second kappa shape index (κ2) is 5.31. The quantitative estimate of drug-likeness (QED) is 0.844. The van der Waals surface area contributed by atoms with E-state index in [0.29, 0.717) is 5.82 Å². The van der Waals surface area contributed by atoms with Gasteiger partial charge in [-0.15, -0.1) is 0 Å². The Morgan fingerprint density at radius 2 is 2.12 bits per heavy atom. The zero-order valence-corrected chi connectivity index (χ0v) is 11.6. The van der Waals surface area contributed by atoms with E-state index in [1.807, 2.05) is 31.2 Å². The van der Waals surface area contributed by atoms with Crippen LogP contribution in [0.1, 0.15) is 12.7 Å². The van der Waals surface area contributed by atoms with Crippen molar-refractivity contribution in [3.05, 3.63) is 39.7 Å². The molecule has 88 valence electrons. The number of aromatic nitrogens is 2. The Kier molecular flexibility index (Phi) is 3.78. The topological polar surface area (TPSA) is 63.8 Å². The largest absolute Gasteiger partial charge is 0.384 e. The van der Waals surface area contributed by atoms with Crippen molar-refractivity contribution in [3.63, 3.8) is 0 Å². The second-order valence-corrected chi connectivity index (χ2v) is 4.83. The number of hydrogen-bond donors (Lipinski definition) is 2. The Labute approximate surface area is 114 Å². The van der Waals surface area contributed by atoms with Gasteiger partial charge in [-0.2, -0.15) is 0 Å². The molecule has 17 heavy (non-hydrogen) atoms. The van der Waals surface area contributed by atoms with Crippen LogP contribution in [-0.4, -0.2) is 9.97 Å². The summed E-state index contributed by atoms with van der Waals surface area (Å²) in [7, 11) is 0. The SMILES string of the molecule is CCc1nc(N)cc(Nc2cccc(I)c2)n1. The summed E-state index contributed by atoms with van der Waals surface area (Å²) in [6, 6.07) is 9.81. The fourth-order valence-electron chi connectivity index (χ4n) is 1.45. The van der Waals surface area contributed by atoms with Gasteiger partial charge >= 0.3 is 0 Å². The molecule has 0 amide bonds. The molecule has 0 fully saturated rings. The van der Waals surface area contributed by atoms with Crippen molar-refractivity contribution in [2.45, 2.75) is 13.3 Å². The first-order valence-electron chi connectivity index (χ1n) is 5.33. The van der Waals surface area contributed by atoms with Gasteiger partial charge < -0.3 is 11.1 Å². The molecule has 2 rings (SSSR count). The van der Waals surface area contributed by atoms with E-state index in [1.165, 1.54) is 3.57 Å². The highest BCUT2D eigenvalue weighted by atomic mass is 127. The number of rotatable bonds is 3. The Hall–Kier alpha value is -1.37. The molecule has 4 nitrogen and oxygen atoms in total. The summed E-state index contributed by atoms with van der Waals surface area (Å²) in [5.41, 5.74) is 6.72. The first-order chi connectivity index (χ1) is 8.17. The molecular weight excluding hydrogens is 327 g/mol. The van der Waals surface area contributed by atoms with Crippen LogP contribution in [0, 0.1) is 3.57 Å². The van der Waals surface area contributed by atoms with Gasteiger partial charge in [-0.05, 0) is 40.8 Å². The van der Waals surface area contributed by atoms with Crippen LogP contribution in [0.2, 0.25) is 0 Å². The Balaban J connectivity index is 2.26. The predicted octanol–water partition coefficient (Wildman–Crippen LogP) is 2.97. The van der Waals surface area contributed by atoms with Gasteiger partial charge in [0, 0.05) is 21.7 Å². The molecule has 0 aliphatic heterocycles. The van der Waals surface area contributed by atoms with Crippen LogP contribution in [0.25, 0.3) is 0 Å². The third kappa shape index (κ3) is 3.29. The lowest BCUT2D eigenvalue weighted by Gasteiger charge is -2.07. The van der Waals surface area contributed by atoms with Gasteiger partial charge in [0.15, 0.2) is 0 Å². The van der Waals surface area contributed by atoms with Crippen LogP contribution >= 0.6 is 22.6 Å². The molecule has 1 aromatic heterocycles. The van der Waals surface area contributed by atoms with Crippen LogP contribution in [0.3, 0.4) is 0 Å². The average Bonchev–Trinajstić information content (AvgIpc) is 2.28. The predicted molar refractivity (Wildman–Crippen MR) is 78.3 cm³/mol. The molecule has 0 spiro atoms. The molecule has 0 unspecified atom stereocenters. The minimum atomic E-state index is 0.491. The molecule has 2 aromatic rings. The number of benzene rings is 1. The number of nitrogen functional groups attached to an aromatic ring is 1. The summed E-state index contributed by atoms with van der Waals surface area (Å²) in [4.78, 5) is 8.51. The van der Waals surface area contributed by atoms with Crippen molar-refractivity contribution in [1.82, 2.24) is 9.97 Å². The number of nitrogens with one attached hydrogen (secondary N) is 1. The highest BCUT2D eigenvalue weighted by Gasteiger charge is 2.01. The summed E-state index contributed by atoms with van der Waals surface area (Å²) in [6.07, 6.45) is 0.770. The maximum Gasteiger partial charge on any atom is 0.136 e. The van der Waals surface area contributed by atoms with Gasteiger partial charge in [-0.3, -0.25) is 0 Å². The summed E-state index contributed by atoms with van der Waals surface area (Å²) in [6.45, 7) is 2.00. The maximum atomic E-state index is 5.73. The standard InChI is InChI=1S/C12H13IN4/c1-2-11-16-10(14)7-12(17-11)15-9-5-3-4-8(13)6-9/h3-7H,2H2,1H3,(H3,14,15,16,17). The van der Waals surface area contributed by atoms with Crippen molar-refractivity contribution >= 4 is 39.9 Å². The molecule has 0 bridgehead atoms. The zero-order chi connectivity index (χ0) is 12.3. The van der Waals surface area contributed by atoms with E-state index >= 15 is 0 Å². The lowest BCUT2D eigenvalue weighted by molar-refractivity contribution is 0.948. The molecule has 1 aromatic carbocycles. The molecular formula is C12H13IN4. The Bertz CT molecular complexity index is 528. The number of anilines is 3. The van der Waals surface area contributed by atoms with Crippen molar-refractivity contribution < 1.29 is 0 Å². The van der Waals surface area contributed by atoms with Crippen LogP contribution in [0.5, 0.6) is 0 Å². The third-order valence-corrected chi connectivity index (χ3v) is 2.88. The minimum absolute atomic E-state index is 0.491. The van der Waals surface area contributed by atoms with Crippen LogP contribution in [0.4, 0.5) is 17.3 Å². The molecule has 0 atom stereocenters. The Morgan fingerprint density at radius 1 is 1.29 bits per heavy atom. The van der Waals surface area contributed by atoms with E-state index < -0.39 is 0 Å². The summed E-state index contributed by atoms with van der Waals surface area (Å²) < 4.78 is 1.17. The number of hydrogen-bond acceptors (Lipinski definition) is 4. The molecule has 0 saturated carbocycles. The summed E-state index contributed by atoms with van der Waals surface area (Å²) in [5, 5.41) is 3.22. The molecule has 5 heteroatoms. The normalized spacial score (nSPS) is 10.2. The van der Waals surface area contributed by atoms with Gasteiger partial charge in [0.2, 0.25) is 0 Å². The van der Waals surface area contributed by atoms with Gasteiger partial charge in [0.25, 0.3) is 0 Å². The van der Waals surface area contributed by atoms with Gasteiger partial charge in [-0.25, -0.2) is 9.97 Å². The van der Waals surface area contributed by atoms with Crippen LogP contribution in [-0.2, 0) is 6.42 Å². The van der Waals surface area contributed by atoms with Gasteiger partial charge in [-0.1, -0.05) is 13.0 Å². The van der Waals surface area contributed by atoms with Crippen LogP contribution < -0.4 is 11.1 Å². The van der Waals surface area contributed by atoms with Crippen molar-refractivity contribution in [3.8, 4) is 0 Å². The molecule has 3 N–H and O–H groups in total. The van der Waals surface area contributed by atoms with Crippen molar-refractivity contribution in [2.24, 2.45) is 0 Å². The van der Waals surface area contributed by atoms with E-state index in [9.17, 15) is 0 Å². The molecule has 0 radical (unpaired) electrons. The van der Waals surface area contributed by atoms with E-state index in [1.54, 1.807) is 6.07 Å². The number of nitrogens with zero attached hydrogens (tertiary/aromatic N) is 2. The number of nitrogens with two attached hydrogens (primary N) is 1. The van der Waals surface area contributed by atoms with Crippen molar-refractivity contribution in [1.29, 1.82) is 0 Å². The Morgan fingerprint density at radius 3 is 2.82 bits per heavy atom. The maximum absolute atomic E-state index is 5.73. The summed E-state index contributed by atoms with van der Waals surface area (Å²) >= 11 is 2.27. The molecule has 1 heterocycles. The minimum Gasteiger partial charge on any atom is -0.384 e. The first-order valence-corrected chi connectivity index (χ1v) is 6.41. The lowest BCUT2D eigenvalue weighted by atomic mass is 10.3. The summed E-state index contributed by atoms with van der Waals surface area (Å²) in [5.74, 6) is 1.97. The fourth-order valence-corrected chi connectivity index (χ4v) is 2.00. The zero-order valence-electron chi connectivity index (χ0n) is 9.44. The smallest absolute Gasteiger partial charge is 0.136 e. The van der Waals surface area contributed by atoms with E-state index in [2.05, 4.69) is 37.9 Å². The first kappa shape index (κ1) is 12.1. The van der Waals surface area contributed by atoms with Crippen molar-refractivity contribution in [2.75, 3.05) is 11.1 Å². The fraction of sp³-hybridized carbons (Fsp3) is 0.167. The van der Waals surface area contributed by atoms with Gasteiger partial charge in [0.05, 0.1) is 0 Å². The number of halogens is 1. The second-order valence-electron chi connectivity index (χ2n) is 3.58. The van der Waals surface area contributed by atoms with Crippen LogP contribution in [0.15, 0.2) is 30.3 Å². The van der Waals surface area contributed by atoms with E-state index in [-0.39, 0.29) is 0 Å². The van der Waals surface area contributed by atoms with Gasteiger partial charge in [0.1, 0.15) is 17.5 Å². The van der Waals surface area contributed by atoms with E-state index in [4.69, 9.17) is 5.73 Å². The lowest BCUT2D eigenvalue weighted by Crippen LogP contribution is -2.02. The third-order valence-electron chi connectivity index (χ3n) is 2.21. The molecule has 0 aliphatic rings. The molecule has 0 aliphatic carbocycles. The average molecular weight is 340 g/mol. The van der Waals surface area contributed by atoms with E-state index in [0.717, 1.165) is 23.8 Å². The number of aryl methyl sites for hydroxylation is 1. The monoisotopic (exact) mass is 340 g/mol.